The van der Waals surface area contributed by atoms with Crippen LogP contribution in [0.3, 0.4) is 0 Å². The van der Waals surface area contributed by atoms with E-state index < -0.39 is 0 Å². The summed E-state index contributed by atoms with van der Waals surface area (Å²) in [7, 11) is 0. The van der Waals surface area contributed by atoms with Gasteiger partial charge in [0.15, 0.2) is 0 Å². The molecule has 0 saturated heterocycles. The van der Waals surface area contributed by atoms with E-state index in [-0.39, 0.29) is 0 Å². The van der Waals surface area contributed by atoms with Crippen molar-refractivity contribution in [2.45, 2.75) is 90.4 Å². The van der Waals surface area contributed by atoms with E-state index in [4.69, 9.17) is 0 Å². The Bertz CT molecular complexity index is 146. The van der Waals surface area contributed by atoms with Gasteiger partial charge >= 0.3 is 0 Å². The molecule has 0 heteroatoms. The van der Waals surface area contributed by atoms with Crippen LogP contribution in [0.1, 0.15) is 90.4 Å². The lowest BCUT2D eigenvalue weighted by Crippen LogP contribution is -1.81. The second-order valence-corrected chi connectivity index (χ2v) is 5.08. The number of unbranched alkanes of at least 4 members (excludes halogenated alkanes) is 11. The van der Waals surface area contributed by atoms with Gasteiger partial charge in [-0.1, -0.05) is 83.3 Å². The van der Waals surface area contributed by atoms with Gasteiger partial charge in [-0.05, 0) is 26.2 Å². The Morgan fingerprint density at radius 2 is 1.12 bits per heavy atom. The summed E-state index contributed by atoms with van der Waals surface area (Å²) < 4.78 is 0. The molecule has 0 amide bonds. The van der Waals surface area contributed by atoms with Crippen molar-refractivity contribution in [3.8, 4) is 0 Å². The Kier molecular flexibility index (Phi) is 15.5. The lowest BCUT2D eigenvalue weighted by molar-refractivity contribution is 0.550. The molecule has 0 aromatic rings. The van der Waals surface area contributed by atoms with Crippen LogP contribution in [0.4, 0.5) is 0 Å². The van der Waals surface area contributed by atoms with Crippen molar-refractivity contribution < 1.29 is 0 Å². The van der Waals surface area contributed by atoms with E-state index in [0.717, 1.165) is 6.42 Å². The number of allylic oxidation sites excluding steroid dienone is 2. The SMILES string of the molecule is [CH2]CC=CCCCCCCCCCCCCC. The predicted octanol–water partition coefficient (Wildman–Crippen LogP) is 6.47. The fraction of sp³-hybridized carbons (Fsp3) is 0.824. The summed E-state index contributed by atoms with van der Waals surface area (Å²) in [5.74, 6) is 0. The minimum atomic E-state index is 0.942. The van der Waals surface area contributed by atoms with Crippen LogP contribution in [0.5, 0.6) is 0 Å². The van der Waals surface area contributed by atoms with Gasteiger partial charge in [-0.2, -0.15) is 0 Å². The monoisotopic (exact) mass is 237 g/mol. The maximum absolute atomic E-state index is 3.79. The Morgan fingerprint density at radius 1 is 0.647 bits per heavy atom. The molecule has 0 bridgehead atoms. The smallest absolute Gasteiger partial charge is 0.0351 e. The average molecular weight is 237 g/mol. The quantitative estimate of drug-likeness (QED) is 0.254. The highest BCUT2D eigenvalue weighted by molar-refractivity contribution is 4.81. The van der Waals surface area contributed by atoms with E-state index in [2.05, 4.69) is 26.0 Å². The van der Waals surface area contributed by atoms with Crippen molar-refractivity contribution in [2.24, 2.45) is 0 Å². The molecule has 0 rings (SSSR count). The maximum Gasteiger partial charge on any atom is -0.0351 e. The molecule has 0 aliphatic carbocycles. The molecule has 0 atom stereocenters. The van der Waals surface area contributed by atoms with Gasteiger partial charge in [-0.15, -0.1) is 0 Å². The topological polar surface area (TPSA) is 0 Å². The molecule has 0 saturated carbocycles. The lowest BCUT2D eigenvalue weighted by atomic mass is 10.1. The molecular formula is C17H33. The molecular weight excluding hydrogens is 204 g/mol. The lowest BCUT2D eigenvalue weighted by Gasteiger charge is -2.01. The van der Waals surface area contributed by atoms with Crippen LogP contribution < -0.4 is 0 Å². The fourth-order valence-corrected chi connectivity index (χ4v) is 2.16. The van der Waals surface area contributed by atoms with Crippen LogP contribution in [0.15, 0.2) is 12.2 Å². The van der Waals surface area contributed by atoms with Crippen LogP contribution in [0, 0.1) is 6.92 Å². The molecule has 0 aromatic heterocycles. The largest absolute Gasteiger partial charge is 0.0885 e. The Hall–Kier alpha value is -0.260. The first-order valence-corrected chi connectivity index (χ1v) is 7.86. The molecule has 0 unspecified atom stereocenters. The average Bonchev–Trinajstić information content (AvgIpc) is 2.35. The van der Waals surface area contributed by atoms with E-state index in [1.807, 2.05) is 0 Å². The van der Waals surface area contributed by atoms with Gasteiger partial charge in [-0.25, -0.2) is 0 Å². The molecule has 17 heavy (non-hydrogen) atoms. The summed E-state index contributed by atoms with van der Waals surface area (Å²) in [5.41, 5.74) is 0. The standard InChI is InChI=1S/C17H33/c1-3-5-7-9-11-13-15-17-16-14-12-10-8-6-4-2/h5,7H,1,3-4,6,8-17H2,2H3. The van der Waals surface area contributed by atoms with Crippen LogP contribution >= 0.6 is 0 Å². The summed E-state index contributed by atoms with van der Waals surface area (Å²) >= 11 is 0. The fourth-order valence-electron chi connectivity index (χ4n) is 2.16. The van der Waals surface area contributed by atoms with Gasteiger partial charge in [0.05, 0.1) is 0 Å². The van der Waals surface area contributed by atoms with E-state index >= 15 is 0 Å². The second-order valence-electron chi connectivity index (χ2n) is 5.08. The highest BCUT2D eigenvalue weighted by atomic mass is 14.0. The minimum Gasteiger partial charge on any atom is -0.0885 e. The number of hydrogen-bond donors (Lipinski definition) is 0. The zero-order valence-electron chi connectivity index (χ0n) is 12.1. The van der Waals surface area contributed by atoms with Crippen LogP contribution in [0.2, 0.25) is 0 Å². The number of rotatable bonds is 13. The van der Waals surface area contributed by atoms with Gasteiger partial charge in [-0.3, -0.25) is 0 Å². The summed E-state index contributed by atoms with van der Waals surface area (Å²) in [5, 5.41) is 0. The molecule has 0 fully saturated rings. The Labute approximate surface area is 110 Å². The van der Waals surface area contributed by atoms with Crippen molar-refractivity contribution in [3.05, 3.63) is 19.1 Å². The molecule has 0 N–H and O–H groups in total. The Balaban J connectivity index is 2.91. The highest BCUT2D eigenvalue weighted by Crippen LogP contribution is 2.11. The maximum atomic E-state index is 3.79. The van der Waals surface area contributed by atoms with Crippen molar-refractivity contribution in [1.29, 1.82) is 0 Å². The first-order valence-electron chi connectivity index (χ1n) is 7.86. The van der Waals surface area contributed by atoms with Gasteiger partial charge in [0.2, 0.25) is 0 Å². The molecule has 0 aromatic carbocycles. The summed E-state index contributed by atoms with van der Waals surface area (Å²) in [6.07, 6.45) is 22.4. The molecule has 0 aliphatic heterocycles. The summed E-state index contributed by atoms with van der Waals surface area (Å²) in [4.78, 5) is 0. The van der Waals surface area contributed by atoms with Gasteiger partial charge in [0.1, 0.15) is 0 Å². The van der Waals surface area contributed by atoms with Crippen molar-refractivity contribution in [3.63, 3.8) is 0 Å². The zero-order valence-corrected chi connectivity index (χ0v) is 12.1. The Morgan fingerprint density at radius 3 is 1.59 bits per heavy atom. The van der Waals surface area contributed by atoms with E-state index in [1.165, 1.54) is 77.0 Å². The first-order chi connectivity index (χ1) is 8.41. The molecule has 101 valence electrons. The zero-order chi connectivity index (χ0) is 12.6. The normalized spacial score (nSPS) is 11.4. The van der Waals surface area contributed by atoms with Gasteiger partial charge in [0.25, 0.3) is 0 Å². The van der Waals surface area contributed by atoms with E-state index in [1.54, 1.807) is 0 Å². The van der Waals surface area contributed by atoms with E-state index in [9.17, 15) is 0 Å². The van der Waals surface area contributed by atoms with Crippen molar-refractivity contribution in [1.82, 2.24) is 0 Å². The third-order valence-electron chi connectivity index (χ3n) is 3.31. The van der Waals surface area contributed by atoms with Crippen LogP contribution in [-0.4, -0.2) is 0 Å². The summed E-state index contributed by atoms with van der Waals surface area (Å²) in [6.45, 7) is 6.08. The van der Waals surface area contributed by atoms with Crippen LogP contribution in [-0.2, 0) is 0 Å². The molecule has 0 spiro atoms. The minimum absolute atomic E-state index is 0.942. The third-order valence-corrected chi connectivity index (χ3v) is 3.31. The molecule has 1 radical (unpaired) electrons. The number of hydrogen-bond acceptors (Lipinski definition) is 0. The molecule has 0 aliphatic rings. The van der Waals surface area contributed by atoms with Crippen LogP contribution in [0.25, 0.3) is 0 Å². The van der Waals surface area contributed by atoms with Crippen molar-refractivity contribution >= 4 is 0 Å². The molecule has 0 nitrogen and oxygen atoms in total. The summed E-state index contributed by atoms with van der Waals surface area (Å²) in [6, 6.07) is 0. The van der Waals surface area contributed by atoms with E-state index in [0.29, 0.717) is 0 Å². The predicted molar refractivity (Wildman–Crippen MR) is 80.2 cm³/mol. The molecule has 0 heterocycles. The van der Waals surface area contributed by atoms with Gasteiger partial charge in [0, 0.05) is 0 Å². The first kappa shape index (κ1) is 16.7. The van der Waals surface area contributed by atoms with Gasteiger partial charge < -0.3 is 0 Å². The highest BCUT2D eigenvalue weighted by Gasteiger charge is 1.92. The third kappa shape index (κ3) is 15.7. The second kappa shape index (κ2) is 15.7. The van der Waals surface area contributed by atoms with Crippen molar-refractivity contribution in [2.75, 3.05) is 0 Å².